The molecule has 2 nitrogen and oxygen atoms in total. The van der Waals surface area contributed by atoms with Gasteiger partial charge in [-0.25, -0.2) is 0 Å². The standard InChI is InChI=1S/C13H21NO/c1-5-14(6-2)12-10-8-7-9-11(12)13(3,4)15/h7-10,15H,5-6H2,1-4H3. The van der Waals surface area contributed by atoms with E-state index in [4.69, 9.17) is 0 Å². The fourth-order valence-corrected chi connectivity index (χ4v) is 1.83. The van der Waals surface area contributed by atoms with Gasteiger partial charge >= 0.3 is 0 Å². The van der Waals surface area contributed by atoms with Crippen LogP contribution in [0, 0.1) is 0 Å². The van der Waals surface area contributed by atoms with Crippen molar-refractivity contribution in [2.24, 2.45) is 0 Å². The number of nitrogens with zero attached hydrogens (tertiary/aromatic N) is 1. The van der Waals surface area contributed by atoms with Crippen molar-refractivity contribution in [2.75, 3.05) is 18.0 Å². The van der Waals surface area contributed by atoms with Crippen LogP contribution in [0.1, 0.15) is 33.3 Å². The highest BCUT2D eigenvalue weighted by molar-refractivity contribution is 5.55. The zero-order valence-electron chi connectivity index (χ0n) is 10.1. The van der Waals surface area contributed by atoms with Gasteiger partial charge in [0, 0.05) is 24.3 Å². The monoisotopic (exact) mass is 207 g/mol. The molecule has 15 heavy (non-hydrogen) atoms. The predicted octanol–water partition coefficient (Wildman–Crippen LogP) is 2.76. The molecular formula is C13H21NO. The first-order valence-corrected chi connectivity index (χ1v) is 5.57. The van der Waals surface area contributed by atoms with E-state index in [1.807, 2.05) is 32.0 Å². The van der Waals surface area contributed by atoms with E-state index < -0.39 is 5.60 Å². The van der Waals surface area contributed by atoms with Crippen LogP contribution in [-0.4, -0.2) is 18.2 Å². The number of rotatable bonds is 4. The first-order valence-electron chi connectivity index (χ1n) is 5.57. The van der Waals surface area contributed by atoms with Gasteiger partial charge < -0.3 is 10.0 Å². The quantitative estimate of drug-likeness (QED) is 0.820. The summed E-state index contributed by atoms with van der Waals surface area (Å²) in [6.07, 6.45) is 0. The Balaban J connectivity index is 3.17. The Morgan fingerprint density at radius 1 is 1.13 bits per heavy atom. The van der Waals surface area contributed by atoms with E-state index in [-0.39, 0.29) is 0 Å². The van der Waals surface area contributed by atoms with Crippen molar-refractivity contribution in [2.45, 2.75) is 33.3 Å². The lowest BCUT2D eigenvalue weighted by molar-refractivity contribution is 0.0790. The molecule has 0 aliphatic heterocycles. The highest BCUT2D eigenvalue weighted by Gasteiger charge is 2.21. The van der Waals surface area contributed by atoms with Crippen LogP contribution in [0.15, 0.2) is 24.3 Å². The number of hydrogen-bond donors (Lipinski definition) is 1. The molecule has 0 amide bonds. The molecule has 1 aromatic rings. The Kier molecular flexibility index (Phi) is 3.75. The van der Waals surface area contributed by atoms with Crippen LogP contribution in [-0.2, 0) is 5.60 Å². The van der Waals surface area contributed by atoms with Gasteiger partial charge in [0.1, 0.15) is 0 Å². The highest BCUT2D eigenvalue weighted by atomic mass is 16.3. The Hall–Kier alpha value is -1.02. The van der Waals surface area contributed by atoms with E-state index in [0.29, 0.717) is 0 Å². The largest absolute Gasteiger partial charge is 0.386 e. The second-order valence-corrected chi connectivity index (χ2v) is 4.25. The smallest absolute Gasteiger partial charge is 0.0860 e. The average molecular weight is 207 g/mol. The summed E-state index contributed by atoms with van der Waals surface area (Å²) in [5, 5.41) is 10.1. The van der Waals surface area contributed by atoms with Gasteiger partial charge in [-0.2, -0.15) is 0 Å². The Bertz CT molecular complexity index is 311. The summed E-state index contributed by atoms with van der Waals surface area (Å²) >= 11 is 0. The minimum absolute atomic E-state index is 0.779. The van der Waals surface area contributed by atoms with Crippen LogP contribution in [0.3, 0.4) is 0 Å². The lowest BCUT2D eigenvalue weighted by Crippen LogP contribution is -2.27. The SMILES string of the molecule is CCN(CC)c1ccccc1C(C)(C)O. The molecule has 84 valence electrons. The maximum absolute atomic E-state index is 10.1. The lowest BCUT2D eigenvalue weighted by Gasteiger charge is -2.29. The van der Waals surface area contributed by atoms with Gasteiger partial charge in [-0.15, -0.1) is 0 Å². The molecule has 0 saturated carbocycles. The van der Waals surface area contributed by atoms with Crippen LogP contribution < -0.4 is 4.90 Å². The van der Waals surface area contributed by atoms with E-state index in [1.54, 1.807) is 0 Å². The summed E-state index contributed by atoms with van der Waals surface area (Å²) in [6, 6.07) is 8.05. The van der Waals surface area contributed by atoms with Crippen LogP contribution in [0.2, 0.25) is 0 Å². The number of hydrogen-bond acceptors (Lipinski definition) is 2. The third-order valence-corrected chi connectivity index (χ3v) is 2.67. The third kappa shape index (κ3) is 2.72. The van der Waals surface area contributed by atoms with Gasteiger partial charge in [0.05, 0.1) is 5.60 Å². The molecule has 0 aliphatic carbocycles. The number of anilines is 1. The van der Waals surface area contributed by atoms with Gasteiger partial charge in [-0.1, -0.05) is 18.2 Å². The predicted molar refractivity (Wildman–Crippen MR) is 65.2 cm³/mol. The van der Waals surface area contributed by atoms with Crippen molar-refractivity contribution < 1.29 is 5.11 Å². The molecular weight excluding hydrogens is 186 g/mol. The minimum Gasteiger partial charge on any atom is -0.386 e. The summed E-state index contributed by atoms with van der Waals surface area (Å²) in [6.45, 7) is 9.84. The first-order chi connectivity index (χ1) is 7.00. The first kappa shape index (κ1) is 12.1. The molecule has 1 rings (SSSR count). The Morgan fingerprint density at radius 3 is 2.13 bits per heavy atom. The molecule has 0 aromatic heterocycles. The van der Waals surface area contributed by atoms with Crippen molar-refractivity contribution >= 4 is 5.69 Å². The third-order valence-electron chi connectivity index (χ3n) is 2.67. The van der Waals surface area contributed by atoms with Crippen molar-refractivity contribution in [3.63, 3.8) is 0 Å². The second kappa shape index (κ2) is 4.67. The average Bonchev–Trinajstić information content (AvgIpc) is 2.19. The molecule has 0 fully saturated rings. The van der Waals surface area contributed by atoms with Gasteiger partial charge in [-0.3, -0.25) is 0 Å². The fourth-order valence-electron chi connectivity index (χ4n) is 1.83. The van der Waals surface area contributed by atoms with Crippen LogP contribution in [0.4, 0.5) is 5.69 Å². The molecule has 0 unspecified atom stereocenters. The summed E-state index contributed by atoms with van der Waals surface area (Å²) in [4.78, 5) is 2.26. The summed E-state index contributed by atoms with van der Waals surface area (Å²) in [7, 11) is 0. The number of aliphatic hydroxyl groups is 1. The molecule has 0 spiro atoms. The van der Waals surface area contributed by atoms with E-state index in [0.717, 1.165) is 24.3 Å². The molecule has 1 aromatic carbocycles. The molecule has 0 aliphatic rings. The zero-order chi connectivity index (χ0) is 11.5. The van der Waals surface area contributed by atoms with Gasteiger partial charge in [0.15, 0.2) is 0 Å². The highest BCUT2D eigenvalue weighted by Crippen LogP contribution is 2.29. The molecule has 0 atom stereocenters. The Morgan fingerprint density at radius 2 is 1.67 bits per heavy atom. The summed E-state index contributed by atoms with van der Waals surface area (Å²) in [5.74, 6) is 0. The molecule has 2 heteroatoms. The van der Waals surface area contributed by atoms with E-state index in [1.165, 1.54) is 0 Å². The molecule has 0 bridgehead atoms. The van der Waals surface area contributed by atoms with Crippen LogP contribution >= 0.6 is 0 Å². The zero-order valence-corrected chi connectivity index (χ0v) is 10.1. The van der Waals surface area contributed by atoms with Crippen molar-refractivity contribution in [1.82, 2.24) is 0 Å². The second-order valence-electron chi connectivity index (χ2n) is 4.25. The lowest BCUT2D eigenvalue weighted by atomic mass is 9.96. The van der Waals surface area contributed by atoms with Crippen LogP contribution in [0.5, 0.6) is 0 Å². The Labute approximate surface area is 92.5 Å². The van der Waals surface area contributed by atoms with Crippen molar-refractivity contribution in [3.05, 3.63) is 29.8 Å². The van der Waals surface area contributed by atoms with Gasteiger partial charge in [0.25, 0.3) is 0 Å². The van der Waals surface area contributed by atoms with Gasteiger partial charge in [0.2, 0.25) is 0 Å². The van der Waals surface area contributed by atoms with E-state index in [9.17, 15) is 5.11 Å². The minimum atomic E-state index is -0.779. The van der Waals surface area contributed by atoms with E-state index >= 15 is 0 Å². The number of benzene rings is 1. The van der Waals surface area contributed by atoms with E-state index in [2.05, 4.69) is 24.8 Å². The summed E-state index contributed by atoms with van der Waals surface area (Å²) in [5.41, 5.74) is 1.35. The maximum atomic E-state index is 10.1. The molecule has 0 heterocycles. The molecule has 0 saturated heterocycles. The van der Waals surface area contributed by atoms with Crippen molar-refractivity contribution in [1.29, 1.82) is 0 Å². The number of para-hydroxylation sites is 1. The molecule has 0 radical (unpaired) electrons. The summed E-state index contributed by atoms with van der Waals surface area (Å²) < 4.78 is 0. The topological polar surface area (TPSA) is 23.5 Å². The van der Waals surface area contributed by atoms with Crippen molar-refractivity contribution in [3.8, 4) is 0 Å². The fraction of sp³-hybridized carbons (Fsp3) is 0.538. The maximum Gasteiger partial charge on any atom is 0.0860 e. The van der Waals surface area contributed by atoms with Gasteiger partial charge in [-0.05, 0) is 33.8 Å². The van der Waals surface area contributed by atoms with Crippen LogP contribution in [0.25, 0.3) is 0 Å². The normalized spacial score (nSPS) is 11.5. The molecule has 1 N–H and O–H groups in total.